The summed E-state index contributed by atoms with van der Waals surface area (Å²) in [6, 6.07) is 0.227. The minimum atomic E-state index is -0.0503. The highest BCUT2D eigenvalue weighted by atomic mass is 32.1. The quantitative estimate of drug-likeness (QED) is 0.599. The minimum Gasteiger partial charge on any atom is -0.284 e. The third-order valence-electron chi connectivity index (χ3n) is 3.45. The summed E-state index contributed by atoms with van der Waals surface area (Å²) in [5.41, 5.74) is 0. The van der Waals surface area contributed by atoms with Gasteiger partial charge in [-0.3, -0.25) is 19.4 Å². The lowest BCUT2D eigenvalue weighted by Crippen LogP contribution is -2.42. The lowest BCUT2D eigenvalue weighted by atomic mass is 9.90. The topological polar surface area (TPSA) is 40.6 Å². The van der Waals surface area contributed by atoms with Gasteiger partial charge < -0.3 is 0 Å². The van der Waals surface area contributed by atoms with Crippen LogP contribution < -0.4 is 0 Å². The summed E-state index contributed by atoms with van der Waals surface area (Å²) < 4.78 is 0. The van der Waals surface area contributed by atoms with E-state index in [1.54, 1.807) is 9.80 Å². The van der Waals surface area contributed by atoms with Crippen LogP contribution in [0.2, 0.25) is 0 Å². The number of nitrogens with zero attached hydrogens (tertiary/aromatic N) is 2. The maximum Gasteiger partial charge on any atom is 0.225 e. The van der Waals surface area contributed by atoms with E-state index in [4.69, 9.17) is 12.2 Å². The molecule has 1 aliphatic heterocycles. The van der Waals surface area contributed by atoms with Gasteiger partial charge in [0.25, 0.3) is 0 Å². The molecule has 0 spiro atoms. The standard InChI is InChI=1S/C11H16N2O2S/c1-7(14)12-9-5-3-4-6-10(9)13(8(2)15)11(12)16/h9-10H,3-6H2,1-2H3/t9-,10-/m1/s1. The molecule has 1 saturated carbocycles. The Morgan fingerprint density at radius 3 is 1.75 bits per heavy atom. The number of hydrogen-bond donors (Lipinski definition) is 0. The molecule has 2 atom stereocenters. The molecule has 2 aliphatic rings. The highest BCUT2D eigenvalue weighted by molar-refractivity contribution is 7.80. The van der Waals surface area contributed by atoms with Gasteiger partial charge in [0, 0.05) is 13.8 Å². The Bertz CT molecular complexity index is 324. The Labute approximate surface area is 101 Å². The molecule has 2 rings (SSSR count). The van der Waals surface area contributed by atoms with Gasteiger partial charge in [0.1, 0.15) is 0 Å². The van der Waals surface area contributed by atoms with E-state index in [9.17, 15) is 9.59 Å². The summed E-state index contributed by atoms with van der Waals surface area (Å²) in [4.78, 5) is 26.4. The van der Waals surface area contributed by atoms with Crippen molar-refractivity contribution >= 4 is 29.1 Å². The molecule has 0 aromatic heterocycles. The number of hydrogen-bond acceptors (Lipinski definition) is 3. The van der Waals surface area contributed by atoms with Gasteiger partial charge in [-0.05, 0) is 25.1 Å². The average molecular weight is 240 g/mol. The van der Waals surface area contributed by atoms with Crippen molar-refractivity contribution in [3.05, 3.63) is 0 Å². The van der Waals surface area contributed by atoms with E-state index in [0.717, 1.165) is 25.7 Å². The summed E-state index contributed by atoms with van der Waals surface area (Å²) in [6.07, 6.45) is 4.13. The van der Waals surface area contributed by atoms with Crippen molar-refractivity contribution in [1.82, 2.24) is 9.80 Å². The molecule has 1 heterocycles. The molecule has 0 unspecified atom stereocenters. The first-order valence-electron chi connectivity index (χ1n) is 5.67. The molecule has 0 aromatic carbocycles. The molecule has 1 saturated heterocycles. The SMILES string of the molecule is CC(=O)N1C(=S)N(C(C)=O)[C@@H]2CCCC[C@H]21. The highest BCUT2D eigenvalue weighted by Crippen LogP contribution is 2.34. The van der Waals surface area contributed by atoms with Crippen LogP contribution >= 0.6 is 12.2 Å². The van der Waals surface area contributed by atoms with Crippen LogP contribution in [-0.2, 0) is 9.59 Å². The van der Waals surface area contributed by atoms with Crippen LogP contribution in [-0.4, -0.2) is 38.8 Å². The lowest BCUT2D eigenvalue weighted by Gasteiger charge is -2.30. The molecule has 0 aromatic rings. The summed E-state index contributed by atoms with van der Waals surface area (Å²) in [5, 5.41) is 0.400. The van der Waals surface area contributed by atoms with Crippen LogP contribution in [0.3, 0.4) is 0 Å². The largest absolute Gasteiger partial charge is 0.284 e. The Morgan fingerprint density at radius 2 is 1.44 bits per heavy atom. The van der Waals surface area contributed by atoms with Crippen molar-refractivity contribution in [2.75, 3.05) is 0 Å². The molecular weight excluding hydrogens is 224 g/mol. The molecule has 1 aliphatic carbocycles. The van der Waals surface area contributed by atoms with Crippen LogP contribution in [0.5, 0.6) is 0 Å². The summed E-state index contributed by atoms with van der Waals surface area (Å²) in [7, 11) is 0. The van der Waals surface area contributed by atoms with Crippen LogP contribution in [0.25, 0.3) is 0 Å². The van der Waals surface area contributed by atoms with Crippen LogP contribution in [0.1, 0.15) is 39.5 Å². The van der Waals surface area contributed by atoms with Gasteiger partial charge in [0.05, 0.1) is 12.1 Å². The van der Waals surface area contributed by atoms with E-state index in [1.165, 1.54) is 13.8 Å². The van der Waals surface area contributed by atoms with Gasteiger partial charge in [0.2, 0.25) is 11.8 Å². The van der Waals surface area contributed by atoms with E-state index in [0.29, 0.717) is 5.11 Å². The third kappa shape index (κ3) is 1.63. The number of carbonyl (C=O) groups is 2. The zero-order valence-corrected chi connectivity index (χ0v) is 10.4. The summed E-state index contributed by atoms with van der Waals surface area (Å²) in [6.45, 7) is 3.03. The predicted molar refractivity (Wildman–Crippen MR) is 63.7 cm³/mol. The van der Waals surface area contributed by atoms with E-state index in [-0.39, 0.29) is 23.9 Å². The fraction of sp³-hybridized carbons (Fsp3) is 0.727. The molecule has 0 bridgehead atoms. The minimum absolute atomic E-state index is 0.0503. The molecule has 0 N–H and O–H groups in total. The molecule has 2 fully saturated rings. The smallest absolute Gasteiger partial charge is 0.225 e. The number of fused-ring (bicyclic) bond motifs is 1. The van der Waals surface area contributed by atoms with Crippen molar-refractivity contribution in [3.8, 4) is 0 Å². The van der Waals surface area contributed by atoms with Gasteiger partial charge in [-0.1, -0.05) is 12.8 Å². The molecule has 4 nitrogen and oxygen atoms in total. The van der Waals surface area contributed by atoms with E-state index >= 15 is 0 Å². The van der Waals surface area contributed by atoms with Crippen LogP contribution in [0, 0.1) is 0 Å². The molecule has 0 radical (unpaired) electrons. The van der Waals surface area contributed by atoms with Crippen molar-refractivity contribution in [3.63, 3.8) is 0 Å². The van der Waals surface area contributed by atoms with Gasteiger partial charge >= 0.3 is 0 Å². The first-order chi connectivity index (χ1) is 7.54. The number of carbonyl (C=O) groups excluding carboxylic acids is 2. The van der Waals surface area contributed by atoms with Crippen molar-refractivity contribution in [2.45, 2.75) is 51.6 Å². The number of thiocarbonyl (C=S) groups is 1. The average Bonchev–Trinajstić information content (AvgIpc) is 2.49. The normalized spacial score (nSPS) is 29.2. The lowest BCUT2D eigenvalue weighted by molar-refractivity contribution is -0.127. The Kier molecular flexibility index (Phi) is 2.97. The fourth-order valence-electron chi connectivity index (χ4n) is 2.83. The second kappa shape index (κ2) is 4.13. The molecule has 88 valence electrons. The second-order valence-electron chi connectivity index (χ2n) is 4.48. The number of rotatable bonds is 0. The predicted octanol–water partition coefficient (Wildman–Crippen LogP) is 1.29. The maximum absolute atomic E-state index is 11.6. The van der Waals surface area contributed by atoms with Gasteiger partial charge in [-0.15, -0.1) is 0 Å². The zero-order chi connectivity index (χ0) is 11.9. The van der Waals surface area contributed by atoms with Crippen LogP contribution in [0.15, 0.2) is 0 Å². The summed E-state index contributed by atoms with van der Waals surface area (Å²) in [5.74, 6) is -0.101. The molecular formula is C11H16N2O2S. The van der Waals surface area contributed by atoms with Gasteiger partial charge in [-0.25, -0.2) is 0 Å². The first kappa shape index (κ1) is 11.5. The second-order valence-corrected chi connectivity index (χ2v) is 4.84. The Balaban J connectivity index is 2.33. The van der Waals surface area contributed by atoms with Crippen molar-refractivity contribution in [1.29, 1.82) is 0 Å². The van der Waals surface area contributed by atoms with E-state index in [2.05, 4.69) is 0 Å². The Morgan fingerprint density at radius 1 is 1.06 bits per heavy atom. The van der Waals surface area contributed by atoms with Crippen molar-refractivity contribution in [2.24, 2.45) is 0 Å². The number of amides is 2. The molecule has 2 amide bonds. The summed E-state index contributed by atoms with van der Waals surface area (Å²) >= 11 is 5.24. The maximum atomic E-state index is 11.6. The Hall–Kier alpha value is -0.970. The molecule has 16 heavy (non-hydrogen) atoms. The molecule has 5 heteroatoms. The first-order valence-corrected chi connectivity index (χ1v) is 6.08. The third-order valence-corrected chi connectivity index (χ3v) is 3.84. The fourth-order valence-corrected chi connectivity index (χ4v) is 3.36. The van der Waals surface area contributed by atoms with E-state index in [1.807, 2.05) is 0 Å². The van der Waals surface area contributed by atoms with E-state index < -0.39 is 0 Å². The zero-order valence-electron chi connectivity index (χ0n) is 9.60. The van der Waals surface area contributed by atoms with Crippen molar-refractivity contribution < 1.29 is 9.59 Å². The van der Waals surface area contributed by atoms with Crippen LogP contribution in [0.4, 0.5) is 0 Å². The highest BCUT2D eigenvalue weighted by Gasteiger charge is 2.47. The monoisotopic (exact) mass is 240 g/mol. The van der Waals surface area contributed by atoms with Gasteiger partial charge in [0.15, 0.2) is 5.11 Å². The van der Waals surface area contributed by atoms with Gasteiger partial charge in [-0.2, -0.15) is 0 Å².